The third-order valence-electron chi connectivity index (χ3n) is 3.77. The summed E-state index contributed by atoms with van der Waals surface area (Å²) < 4.78 is 0. The summed E-state index contributed by atoms with van der Waals surface area (Å²) in [5, 5.41) is 3.77. The van der Waals surface area contributed by atoms with Gasteiger partial charge in [-0.05, 0) is 44.4 Å². The third kappa shape index (κ3) is 3.62. The van der Waals surface area contributed by atoms with Crippen molar-refractivity contribution in [3.8, 4) is 0 Å². The van der Waals surface area contributed by atoms with Crippen LogP contribution in [-0.2, 0) is 4.79 Å². The van der Waals surface area contributed by atoms with Crippen LogP contribution in [0.4, 0.5) is 5.82 Å². The molecule has 1 amide bonds. The van der Waals surface area contributed by atoms with Crippen molar-refractivity contribution in [2.24, 2.45) is 11.8 Å². The molecule has 2 aliphatic rings. The number of nitrogen functional groups attached to an aromatic ring is 1. The molecule has 0 atom stereocenters. The zero-order chi connectivity index (χ0) is 14.1. The van der Waals surface area contributed by atoms with Gasteiger partial charge in [0.1, 0.15) is 5.82 Å². The quantitative estimate of drug-likeness (QED) is 0.617. The number of hydrogen-bond donors (Lipinski definition) is 2. The van der Waals surface area contributed by atoms with Gasteiger partial charge >= 0.3 is 0 Å². The summed E-state index contributed by atoms with van der Waals surface area (Å²) in [6.07, 6.45) is 5.08. The van der Waals surface area contributed by atoms with Crippen molar-refractivity contribution in [1.82, 2.24) is 15.3 Å². The Labute approximate surface area is 123 Å². The second-order valence-corrected chi connectivity index (χ2v) is 6.72. The van der Waals surface area contributed by atoms with Crippen LogP contribution < -0.4 is 11.1 Å². The van der Waals surface area contributed by atoms with Crippen LogP contribution in [-0.4, -0.2) is 27.7 Å². The largest absolute Gasteiger partial charge is 0.384 e. The van der Waals surface area contributed by atoms with Crippen LogP contribution >= 0.6 is 11.8 Å². The molecule has 0 saturated heterocycles. The normalized spacial score (nSPS) is 18.3. The van der Waals surface area contributed by atoms with Gasteiger partial charge in [0, 0.05) is 17.8 Å². The van der Waals surface area contributed by atoms with Gasteiger partial charge in [-0.15, -0.1) is 0 Å². The minimum Gasteiger partial charge on any atom is -0.384 e. The van der Waals surface area contributed by atoms with E-state index in [2.05, 4.69) is 15.3 Å². The van der Waals surface area contributed by atoms with Crippen LogP contribution in [0.5, 0.6) is 0 Å². The number of rotatable bonds is 6. The molecule has 2 fully saturated rings. The van der Waals surface area contributed by atoms with Gasteiger partial charge in [0.25, 0.3) is 0 Å². The Balaban J connectivity index is 1.51. The molecule has 6 heteroatoms. The zero-order valence-electron chi connectivity index (χ0n) is 11.6. The maximum Gasteiger partial charge on any atom is 0.230 e. The lowest BCUT2D eigenvalue weighted by Gasteiger charge is -2.17. The number of carbonyl (C=O) groups excluding carboxylic acids is 1. The monoisotopic (exact) mass is 292 g/mol. The first kappa shape index (κ1) is 13.7. The summed E-state index contributed by atoms with van der Waals surface area (Å²) in [6.45, 7) is 1.87. The van der Waals surface area contributed by atoms with E-state index in [4.69, 9.17) is 5.73 Å². The van der Waals surface area contributed by atoms with Crippen molar-refractivity contribution in [1.29, 1.82) is 0 Å². The van der Waals surface area contributed by atoms with Crippen molar-refractivity contribution < 1.29 is 4.79 Å². The molecule has 3 rings (SSSR count). The van der Waals surface area contributed by atoms with Crippen LogP contribution in [0, 0.1) is 18.8 Å². The maximum atomic E-state index is 12.0. The van der Waals surface area contributed by atoms with E-state index < -0.39 is 0 Å². The molecule has 5 nitrogen and oxygen atoms in total. The molecule has 20 heavy (non-hydrogen) atoms. The van der Waals surface area contributed by atoms with Gasteiger partial charge in [0.05, 0.1) is 5.75 Å². The maximum absolute atomic E-state index is 12.0. The van der Waals surface area contributed by atoms with E-state index in [1.165, 1.54) is 37.4 Å². The van der Waals surface area contributed by atoms with E-state index >= 15 is 0 Å². The summed E-state index contributed by atoms with van der Waals surface area (Å²) >= 11 is 1.35. The van der Waals surface area contributed by atoms with Crippen molar-refractivity contribution in [3.05, 3.63) is 11.8 Å². The van der Waals surface area contributed by atoms with Crippen molar-refractivity contribution in [2.45, 2.75) is 43.8 Å². The number of anilines is 1. The van der Waals surface area contributed by atoms with Crippen molar-refractivity contribution in [3.63, 3.8) is 0 Å². The summed E-state index contributed by atoms with van der Waals surface area (Å²) in [4.78, 5) is 20.4. The molecule has 1 aromatic rings. The Hall–Kier alpha value is -1.30. The van der Waals surface area contributed by atoms with Gasteiger partial charge in [-0.3, -0.25) is 4.79 Å². The molecule has 0 aliphatic heterocycles. The number of nitrogens with one attached hydrogen (secondary N) is 1. The number of nitrogens with two attached hydrogens (primary N) is 1. The van der Waals surface area contributed by atoms with Crippen LogP contribution in [0.3, 0.4) is 0 Å². The molecule has 1 heterocycles. The summed E-state index contributed by atoms with van der Waals surface area (Å²) in [7, 11) is 0. The van der Waals surface area contributed by atoms with Crippen LogP contribution in [0.15, 0.2) is 11.2 Å². The van der Waals surface area contributed by atoms with E-state index in [9.17, 15) is 4.79 Å². The second-order valence-electron chi connectivity index (χ2n) is 5.77. The summed E-state index contributed by atoms with van der Waals surface area (Å²) in [6, 6.07) is 2.13. The predicted octanol–water partition coefficient (Wildman–Crippen LogP) is 1.76. The fraction of sp³-hybridized carbons (Fsp3) is 0.643. The van der Waals surface area contributed by atoms with Gasteiger partial charge < -0.3 is 11.1 Å². The Morgan fingerprint density at radius 3 is 2.60 bits per heavy atom. The lowest BCUT2D eigenvalue weighted by molar-refractivity contribution is -0.119. The Kier molecular flexibility index (Phi) is 3.83. The number of thioether (sulfide) groups is 1. The first-order valence-corrected chi connectivity index (χ1v) is 8.13. The van der Waals surface area contributed by atoms with Gasteiger partial charge in [0.2, 0.25) is 5.91 Å². The van der Waals surface area contributed by atoms with Crippen LogP contribution in [0.25, 0.3) is 0 Å². The van der Waals surface area contributed by atoms with E-state index in [-0.39, 0.29) is 5.91 Å². The molecule has 2 aliphatic carbocycles. The highest BCUT2D eigenvalue weighted by Gasteiger charge is 2.42. The Morgan fingerprint density at radius 1 is 1.40 bits per heavy atom. The molecule has 1 aromatic heterocycles. The second kappa shape index (κ2) is 5.60. The summed E-state index contributed by atoms with van der Waals surface area (Å²) in [5.74, 6) is 2.35. The molecule has 0 spiro atoms. The van der Waals surface area contributed by atoms with E-state index in [1.54, 1.807) is 6.07 Å². The first-order chi connectivity index (χ1) is 9.61. The number of amides is 1. The fourth-order valence-electron chi connectivity index (χ4n) is 2.52. The molecular weight excluding hydrogens is 272 g/mol. The number of nitrogens with zero attached hydrogens (tertiary/aromatic N) is 2. The molecule has 108 valence electrons. The predicted molar refractivity (Wildman–Crippen MR) is 79.3 cm³/mol. The van der Waals surface area contributed by atoms with E-state index in [0.29, 0.717) is 22.8 Å². The van der Waals surface area contributed by atoms with Gasteiger partial charge in [-0.2, -0.15) is 0 Å². The topological polar surface area (TPSA) is 80.9 Å². The standard InChI is InChI=1S/C14H20N4OS/c1-8-6-11(15)17-14(16-8)20-7-12(19)18-13(9-2-3-9)10-4-5-10/h6,9-10,13H,2-5,7H2,1H3,(H,18,19)(H2,15,16,17). The highest BCUT2D eigenvalue weighted by atomic mass is 32.2. The molecular formula is C14H20N4OS. The van der Waals surface area contributed by atoms with Crippen molar-refractivity contribution in [2.75, 3.05) is 11.5 Å². The number of hydrogen-bond acceptors (Lipinski definition) is 5. The molecule has 2 saturated carbocycles. The zero-order valence-corrected chi connectivity index (χ0v) is 12.4. The van der Waals surface area contributed by atoms with Crippen molar-refractivity contribution >= 4 is 23.5 Å². The third-order valence-corrected chi connectivity index (χ3v) is 4.62. The first-order valence-electron chi connectivity index (χ1n) is 7.15. The number of aromatic nitrogens is 2. The number of aryl methyl sites for hydroxylation is 1. The Morgan fingerprint density at radius 2 is 2.05 bits per heavy atom. The molecule has 0 aromatic carbocycles. The van der Waals surface area contributed by atoms with Crippen LogP contribution in [0.1, 0.15) is 31.4 Å². The lowest BCUT2D eigenvalue weighted by atomic mass is 10.1. The van der Waals surface area contributed by atoms with Gasteiger partial charge in [0.15, 0.2) is 5.16 Å². The smallest absolute Gasteiger partial charge is 0.230 e. The lowest BCUT2D eigenvalue weighted by Crippen LogP contribution is -2.39. The van der Waals surface area contributed by atoms with Gasteiger partial charge in [-0.1, -0.05) is 11.8 Å². The minimum atomic E-state index is 0.0856. The number of carbonyl (C=O) groups is 1. The minimum absolute atomic E-state index is 0.0856. The average molecular weight is 292 g/mol. The van der Waals surface area contributed by atoms with Crippen LogP contribution in [0.2, 0.25) is 0 Å². The highest BCUT2D eigenvalue weighted by Crippen LogP contribution is 2.44. The molecule has 0 bridgehead atoms. The highest BCUT2D eigenvalue weighted by molar-refractivity contribution is 7.99. The average Bonchev–Trinajstić information content (AvgIpc) is 3.26. The van der Waals surface area contributed by atoms with E-state index in [0.717, 1.165) is 17.5 Å². The summed E-state index contributed by atoms with van der Waals surface area (Å²) in [5.41, 5.74) is 6.51. The molecule has 3 N–H and O–H groups in total. The van der Waals surface area contributed by atoms with Gasteiger partial charge in [-0.25, -0.2) is 9.97 Å². The SMILES string of the molecule is Cc1cc(N)nc(SCC(=O)NC(C2CC2)C2CC2)n1. The molecule has 0 radical (unpaired) electrons. The van der Waals surface area contributed by atoms with E-state index in [1.807, 2.05) is 6.92 Å². The molecule has 0 unspecified atom stereocenters. The Bertz CT molecular complexity index is 482. The fourth-order valence-corrected chi connectivity index (χ4v) is 3.24.